The fraction of sp³-hybridized carbons (Fsp3) is 0.867. The van der Waals surface area contributed by atoms with Crippen molar-refractivity contribution in [3.63, 3.8) is 0 Å². The molecule has 0 aromatic rings. The lowest BCUT2D eigenvalue weighted by atomic mass is 9.76. The van der Waals surface area contributed by atoms with E-state index in [0.29, 0.717) is 19.8 Å². The van der Waals surface area contributed by atoms with Crippen LogP contribution in [0.3, 0.4) is 0 Å². The van der Waals surface area contributed by atoms with Crippen molar-refractivity contribution in [3.05, 3.63) is 0 Å². The Bertz CT molecular complexity index is 391. The molecule has 0 aromatic heterocycles. The van der Waals surface area contributed by atoms with Crippen molar-refractivity contribution in [1.82, 2.24) is 10.2 Å². The highest BCUT2D eigenvalue weighted by Crippen LogP contribution is 2.35. The van der Waals surface area contributed by atoms with Gasteiger partial charge in [0.05, 0.1) is 6.54 Å². The van der Waals surface area contributed by atoms with Gasteiger partial charge in [-0.15, -0.1) is 0 Å². The van der Waals surface area contributed by atoms with Crippen LogP contribution in [0.4, 0.5) is 0 Å². The van der Waals surface area contributed by atoms with Gasteiger partial charge in [-0.2, -0.15) is 0 Å². The number of likely N-dealkylation sites (tertiary alicyclic amines) is 1. The second-order valence-electron chi connectivity index (χ2n) is 6.76. The second-order valence-corrected chi connectivity index (χ2v) is 6.76. The Hall–Kier alpha value is -1.14. The molecule has 0 aromatic carbocycles. The van der Waals surface area contributed by atoms with E-state index in [9.17, 15) is 14.7 Å². The standard InChI is InChI=1S/C15H26N2O4/c1-15(2)6-3-7-17(13(15)14(19)20)10-12(18)16-11-4-8-21-9-5-11/h11,13H,3-10H2,1-2H3,(H,16,18)(H,19,20). The van der Waals surface area contributed by atoms with Crippen molar-refractivity contribution >= 4 is 11.9 Å². The van der Waals surface area contributed by atoms with Crippen molar-refractivity contribution < 1.29 is 19.4 Å². The molecule has 2 saturated heterocycles. The Morgan fingerprint density at radius 2 is 2.00 bits per heavy atom. The quantitative estimate of drug-likeness (QED) is 0.804. The highest BCUT2D eigenvalue weighted by molar-refractivity contribution is 5.80. The van der Waals surface area contributed by atoms with Crippen LogP contribution in [0.25, 0.3) is 0 Å². The van der Waals surface area contributed by atoms with Gasteiger partial charge < -0.3 is 15.2 Å². The van der Waals surface area contributed by atoms with Crippen LogP contribution in [0.2, 0.25) is 0 Å². The third-order valence-corrected chi connectivity index (χ3v) is 4.54. The van der Waals surface area contributed by atoms with Crippen LogP contribution in [0.1, 0.15) is 39.5 Å². The summed E-state index contributed by atoms with van der Waals surface area (Å²) in [6.07, 6.45) is 3.47. The molecule has 0 radical (unpaired) electrons. The highest BCUT2D eigenvalue weighted by atomic mass is 16.5. The molecule has 21 heavy (non-hydrogen) atoms. The number of nitrogens with one attached hydrogen (secondary N) is 1. The molecule has 0 aliphatic carbocycles. The Kier molecular flexibility index (Phi) is 5.22. The Morgan fingerprint density at radius 3 is 2.62 bits per heavy atom. The third kappa shape index (κ3) is 4.17. The van der Waals surface area contributed by atoms with E-state index in [1.165, 1.54) is 0 Å². The Morgan fingerprint density at radius 1 is 1.33 bits per heavy atom. The van der Waals surface area contributed by atoms with Crippen molar-refractivity contribution in [1.29, 1.82) is 0 Å². The molecular weight excluding hydrogens is 272 g/mol. The average Bonchev–Trinajstić information content (AvgIpc) is 2.38. The van der Waals surface area contributed by atoms with Gasteiger partial charge in [0.1, 0.15) is 6.04 Å². The van der Waals surface area contributed by atoms with Crippen LogP contribution < -0.4 is 5.32 Å². The summed E-state index contributed by atoms with van der Waals surface area (Å²) in [5.41, 5.74) is -0.303. The molecule has 2 heterocycles. The molecule has 0 saturated carbocycles. The first kappa shape index (κ1) is 16.2. The first-order valence-electron chi connectivity index (χ1n) is 7.74. The van der Waals surface area contributed by atoms with E-state index >= 15 is 0 Å². The van der Waals surface area contributed by atoms with Gasteiger partial charge in [0.2, 0.25) is 5.91 Å². The molecule has 120 valence electrons. The maximum Gasteiger partial charge on any atom is 0.321 e. The largest absolute Gasteiger partial charge is 0.480 e. The molecule has 2 fully saturated rings. The molecule has 1 atom stereocenters. The number of carbonyl (C=O) groups excluding carboxylic acids is 1. The monoisotopic (exact) mass is 298 g/mol. The van der Waals surface area contributed by atoms with Gasteiger partial charge in [0.25, 0.3) is 0 Å². The van der Waals surface area contributed by atoms with Crippen molar-refractivity contribution in [2.75, 3.05) is 26.3 Å². The minimum absolute atomic E-state index is 0.0779. The number of carbonyl (C=O) groups is 2. The SMILES string of the molecule is CC1(C)CCCN(CC(=O)NC2CCOCC2)C1C(=O)O. The molecule has 1 unspecified atom stereocenters. The molecule has 2 rings (SSSR count). The van der Waals surface area contributed by atoms with E-state index < -0.39 is 12.0 Å². The second kappa shape index (κ2) is 6.75. The van der Waals surface area contributed by atoms with Gasteiger partial charge in [0.15, 0.2) is 0 Å². The Labute approximate surface area is 125 Å². The van der Waals surface area contributed by atoms with Crippen LogP contribution in [0.15, 0.2) is 0 Å². The number of carboxylic acids is 1. The number of aliphatic carboxylic acids is 1. The summed E-state index contributed by atoms with van der Waals surface area (Å²) in [5, 5.41) is 12.5. The highest BCUT2D eigenvalue weighted by Gasteiger charge is 2.43. The van der Waals surface area contributed by atoms with E-state index in [1.807, 2.05) is 13.8 Å². The molecule has 2 N–H and O–H groups in total. The summed E-state index contributed by atoms with van der Waals surface area (Å²) < 4.78 is 5.27. The lowest BCUT2D eigenvalue weighted by Crippen LogP contribution is -2.57. The number of ether oxygens (including phenoxy) is 1. The van der Waals surface area contributed by atoms with Crippen LogP contribution >= 0.6 is 0 Å². The van der Waals surface area contributed by atoms with Crippen LogP contribution in [0, 0.1) is 5.41 Å². The summed E-state index contributed by atoms with van der Waals surface area (Å²) in [7, 11) is 0. The molecule has 0 bridgehead atoms. The average molecular weight is 298 g/mol. The van der Waals surface area contributed by atoms with Gasteiger partial charge >= 0.3 is 5.97 Å². The molecule has 6 heteroatoms. The number of hydrogen-bond acceptors (Lipinski definition) is 4. The summed E-state index contributed by atoms with van der Waals surface area (Å²) in [4.78, 5) is 25.5. The smallest absolute Gasteiger partial charge is 0.321 e. The minimum atomic E-state index is -0.835. The van der Waals surface area contributed by atoms with E-state index in [2.05, 4.69) is 5.32 Å². The fourth-order valence-corrected chi connectivity index (χ4v) is 3.46. The number of hydrogen-bond donors (Lipinski definition) is 2. The molecule has 6 nitrogen and oxygen atoms in total. The summed E-state index contributed by atoms with van der Waals surface area (Å²) in [5.74, 6) is -0.913. The summed E-state index contributed by atoms with van der Waals surface area (Å²) >= 11 is 0. The van der Waals surface area contributed by atoms with Crippen molar-refractivity contribution in [2.24, 2.45) is 5.41 Å². The number of nitrogens with zero attached hydrogens (tertiary/aromatic N) is 1. The molecular formula is C15H26N2O4. The zero-order valence-corrected chi connectivity index (χ0v) is 12.9. The van der Waals surface area contributed by atoms with E-state index in [1.54, 1.807) is 4.90 Å². The van der Waals surface area contributed by atoms with Gasteiger partial charge in [-0.3, -0.25) is 14.5 Å². The van der Waals surface area contributed by atoms with E-state index in [0.717, 1.165) is 25.7 Å². The topological polar surface area (TPSA) is 78.9 Å². The maximum atomic E-state index is 12.2. The van der Waals surface area contributed by atoms with Crippen LogP contribution in [-0.4, -0.2) is 60.3 Å². The molecule has 2 aliphatic heterocycles. The lowest BCUT2D eigenvalue weighted by molar-refractivity contribution is -0.151. The predicted molar refractivity (Wildman–Crippen MR) is 78.0 cm³/mol. The number of amides is 1. The van der Waals surface area contributed by atoms with Gasteiger partial charge in [-0.05, 0) is 37.6 Å². The third-order valence-electron chi connectivity index (χ3n) is 4.54. The van der Waals surface area contributed by atoms with E-state index in [-0.39, 0.29) is 23.9 Å². The number of carboxylic acid groups (broad SMARTS) is 1. The maximum absolute atomic E-state index is 12.2. The van der Waals surface area contributed by atoms with Crippen molar-refractivity contribution in [3.8, 4) is 0 Å². The van der Waals surface area contributed by atoms with Crippen molar-refractivity contribution in [2.45, 2.75) is 51.6 Å². The molecule has 1 amide bonds. The molecule has 0 spiro atoms. The van der Waals surface area contributed by atoms with Gasteiger partial charge in [-0.25, -0.2) is 0 Å². The zero-order chi connectivity index (χ0) is 15.5. The predicted octanol–water partition coefficient (Wildman–Crippen LogP) is 0.857. The lowest BCUT2D eigenvalue weighted by Gasteiger charge is -2.43. The van der Waals surface area contributed by atoms with Crippen LogP contribution in [-0.2, 0) is 14.3 Å². The number of rotatable bonds is 4. The fourth-order valence-electron chi connectivity index (χ4n) is 3.46. The first-order valence-corrected chi connectivity index (χ1v) is 7.74. The van der Waals surface area contributed by atoms with Crippen LogP contribution in [0.5, 0.6) is 0 Å². The normalized spacial score (nSPS) is 27.2. The first-order chi connectivity index (χ1) is 9.90. The summed E-state index contributed by atoms with van der Waals surface area (Å²) in [6.45, 7) is 6.13. The molecule has 2 aliphatic rings. The number of piperidine rings is 1. The van der Waals surface area contributed by atoms with Gasteiger partial charge in [-0.1, -0.05) is 13.8 Å². The summed E-state index contributed by atoms with van der Waals surface area (Å²) in [6, 6.07) is -0.431. The van der Waals surface area contributed by atoms with E-state index in [4.69, 9.17) is 4.74 Å². The minimum Gasteiger partial charge on any atom is -0.480 e. The zero-order valence-electron chi connectivity index (χ0n) is 12.9. The van der Waals surface area contributed by atoms with Gasteiger partial charge in [0, 0.05) is 19.3 Å². The Balaban J connectivity index is 1.93.